The van der Waals surface area contributed by atoms with E-state index < -0.39 is 11.6 Å². The lowest BCUT2D eigenvalue weighted by Gasteiger charge is -2.45. The Morgan fingerprint density at radius 3 is 2.32 bits per heavy atom. The molecule has 2 atom stereocenters. The fourth-order valence-corrected chi connectivity index (χ4v) is 5.19. The molecule has 156 valence electrons. The van der Waals surface area contributed by atoms with Crippen molar-refractivity contribution in [3.05, 3.63) is 29.8 Å². The van der Waals surface area contributed by atoms with Crippen molar-refractivity contribution in [2.24, 2.45) is 23.5 Å². The summed E-state index contributed by atoms with van der Waals surface area (Å²) in [5.74, 6) is 0.131. The second-order valence-corrected chi connectivity index (χ2v) is 8.41. The molecule has 1 saturated heterocycles. The van der Waals surface area contributed by atoms with Gasteiger partial charge in [0.15, 0.2) is 11.6 Å². The molecule has 1 aromatic carbocycles. The van der Waals surface area contributed by atoms with E-state index in [1.54, 1.807) is 0 Å². The number of benzene rings is 1. The lowest BCUT2D eigenvalue weighted by atomic mass is 9.65. The molecule has 1 heterocycles. The molecular formula is C21H29ClF2N2O2. The number of nitrogens with zero attached hydrogens (tertiary/aromatic N) is 1. The molecule has 1 aliphatic heterocycles. The molecule has 1 aromatic rings. The highest BCUT2D eigenvalue weighted by molar-refractivity contribution is 5.85. The molecule has 3 fully saturated rings. The summed E-state index contributed by atoms with van der Waals surface area (Å²) in [6.45, 7) is 1.26. The van der Waals surface area contributed by atoms with Crippen LogP contribution in [0.15, 0.2) is 18.2 Å². The number of ether oxygens (including phenoxy) is 1. The number of likely N-dealkylation sites (tertiary alicyclic amines) is 1. The average molecular weight is 415 g/mol. The van der Waals surface area contributed by atoms with Gasteiger partial charge in [-0.05, 0) is 49.7 Å². The maximum Gasteiger partial charge on any atom is 0.225 e. The summed E-state index contributed by atoms with van der Waals surface area (Å²) in [7, 11) is 0. The summed E-state index contributed by atoms with van der Waals surface area (Å²) < 4.78 is 32.5. The molecule has 2 aliphatic carbocycles. The molecule has 4 nitrogen and oxygen atoms in total. The first-order valence-electron chi connectivity index (χ1n) is 10.2. The zero-order chi connectivity index (χ0) is 19.0. The Morgan fingerprint density at radius 2 is 1.71 bits per heavy atom. The van der Waals surface area contributed by atoms with E-state index in [0.29, 0.717) is 37.8 Å². The minimum atomic E-state index is -0.682. The summed E-state index contributed by atoms with van der Waals surface area (Å²) >= 11 is 0. The van der Waals surface area contributed by atoms with E-state index in [2.05, 4.69) is 0 Å². The Hall–Kier alpha value is -1.40. The van der Waals surface area contributed by atoms with Crippen molar-refractivity contribution in [3.63, 3.8) is 0 Å². The number of rotatable bonds is 3. The van der Waals surface area contributed by atoms with Gasteiger partial charge in [-0.25, -0.2) is 8.78 Å². The molecule has 2 saturated carbocycles. The Kier molecular flexibility index (Phi) is 6.81. The Bertz CT molecular complexity index is 683. The lowest BCUT2D eigenvalue weighted by molar-refractivity contribution is -0.140. The molecule has 2 unspecified atom stereocenters. The van der Waals surface area contributed by atoms with Crippen LogP contribution in [0, 0.1) is 29.4 Å². The number of carbonyl (C=O) groups is 1. The van der Waals surface area contributed by atoms with Crippen molar-refractivity contribution in [3.8, 4) is 5.75 Å². The third-order valence-electron chi connectivity index (χ3n) is 6.70. The number of hydrogen-bond acceptors (Lipinski definition) is 3. The fraction of sp³-hybridized carbons (Fsp3) is 0.667. The van der Waals surface area contributed by atoms with Gasteiger partial charge in [0.05, 0.1) is 0 Å². The van der Waals surface area contributed by atoms with E-state index in [-0.39, 0.29) is 42.1 Å². The first-order chi connectivity index (χ1) is 13.0. The quantitative estimate of drug-likeness (QED) is 0.815. The summed E-state index contributed by atoms with van der Waals surface area (Å²) in [6.07, 6.45) is 6.59. The number of fused-ring (bicyclic) bond motifs is 2. The molecule has 2 N–H and O–H groups in total. The van der Waals surface area contributed by atoms with E-state index in [9.17, 15) is 13.6 Å². The molecular weight excluding hydrogens is 386 g/mol. The van der Waals surface area contributed by atoms with Gasteiger partial charge in [0.1, 0.15) is 11.9 Å². The minimum absolute atomic E-state index is 0. The van der Waals surface area contributed by atoms with Crippen LogP contribution >= 0.6 is 12.4 Å². The number of halogens is 3. The largest absolute Gasteiger partial charge is 0.487 e. The van der Waals surface area contributed by atoms with E-state index in [1.807, 2.05) is 4.90 Å². The second kappa shape index (κ2) is 8.95. The van der Waals surface area contributed by atoms with Gasteiger partial charge in [0, 0.05) is 44.0 Å². The van der Waals surface area contributed by atoms with E-state index >= 15 is 0 Å². The molecule has 2 bridgehead atoms. The standard InChI is InChI=1S/C21H28F2N2O2.ClH/c22-16-4-5-19(18(23)12-16)27-17-6-8-25(9-7-17)21(26)15-10-13-2-1-3-14(11-15)20(13)24;/h4-5,12-15,17,20H,1-3,6-11,24H2;1H. The first-order valence-corrected chi connectivity index (χ1v) is 10.2. The van der Waals surface area contributed by atoms with Gasteiger partial charge >= 0.3 is 0 Å². The number of carbonyl (C=O) groups excluding carboxylic acids is 1. The van der Waals surface area contributed by atoms with Crippen LogP contribution in [0.3, 0.4) is 0 Å². The maximum atomic E-state index is 13.8. The third-order valence-corrected chi connectivity index (χ3v) is 6.70. The molecule has 0 spiro atoms. The summed E-state index contributed by atoms with van der Waals surface area (Å²) in [5, 5.41) is 0. The van der Waals surface area contributed by atoms with Crippen LogP contribution in [-0.4, -0.2) is 36.0 Å². The number of nitrogens with two attached hydrogens (primary N) is 1. The predicted octanol–water partition coefficient (Wildman–Crippen LogP) is 3.91. The molecule has 1 amide bonds. The molecule has 4 rings (SSSR count). The van der Waals surface area contributed by atoms with Gasteiger partial charge in [0.2, 0.25) is 5.91 Å². The maximum absolute atomic E-state index is 13.8. The van der Waals surface area contributed by atoms with Gasteiger partial charge in [0.25, 0.3) is 0 Å². The summed E-state index contributed by atoms with van der Waals surface area (Å²) in [6, 6.07) is 3.62. The zero-order valence-corrected chi connectivity index (χ0v) is 16.8. The average Bonchev–Trinajstić information content (AvgIpc) is 2.64. The Morgan fingerprint density at radius 1 is 1.07 bits per heavy atom. The topological polar surface area (TPSA) is 55.6 Å². The molecule has 0 radical (unpaired) electrons. The van der Waals surface area contributed by atoms with Gasteiger partial charge in [-0.3, -0.25) is 4.79 Å². The normalized spacial score (nSPS) is 30.5. The fourth-order valence-electron chi connectivity index (χ4n) is 5.19. The predicted molar refractivity (Wildman–Crippen MR) is 105 cm³/mol. The van der Waals surface area contributed by atoms with Crippen LogP contribution in [0.4, 0.5) is 8.78 Å². The van der Waals surface area contributed by atoms with Crippen molar-refractivity contribution in [1.29, 1.82) is 0 Å². The van der Waals surface area contributed by atoms with E-state index in [0.717, 1.165) is 31.7 Å². The highest BCUT2D eigenvalue weighted by Gasteiger charge is 2.42. The van der Waals surface area contributed by atoms with Gasteiger partial charge < -0.3 is 15.4 Å². The Balaban J connectivity index is 0.00000225. The van der Waals surface area contributed by atoms with Crippen molar-refractivity contribution < 1.29 is 18.3 Å². The third kappa shape index (κ3) is 4.43. The SMILES string of the molecule is Cl.NC1C2CCCC1CC(C(=O)N1CCC(Oc3ccc(F)cc3F)CC1)C2. The molecule has 28 heavy (non-hydrogen) atoms. The number of amides is 1. The van der Waals surface area contributed by atoms with Crippen LogP contribution in [0.25, 0.3) is 0 Å². The van der Waals surface area contributed by atoms with E-state index in [4.69, 9.17) is 10.5 Å². The van der Waals surface area contributed by atoms with Gasteiger partial charge in [-0.2, -0.15) is 0 Å². The minimum Gasteiger partial charge on any atom is -0.487 e. The summed E-state index contributed by atoms with van der Waals surface area (Å²) in [5.41, 5.74) is 6.34. The molecule has 7 heteroatoms. The van der Waals surface area contributed by atoms with Gasteiger partial charge in [-0.15, -0.1) is 12.4 Å². The first kappa shape index (κ1) is 21.3. The lowest BCUT2D eigenvalue weighted by Crippen LogP contribution is -2.51. The summed E-state index contributed by atoms with van der Waals surface area (Å²) in [4.78, 5) is 14.9. The highest BCUT2D eigenvalue weighted by Crippen LogP contribution is 2.42. The second-order valence-electron chi connectivity index (χ2n) is 8.41. The zero-order valence-electron chi connectivity index (χ0n) is 16.0. The smallest absolute Gasteiger partial charge is 0.225 e. The number of hydrogen-bond donors (Lipinski definition) is 1. The van der Waals surface area contributed by atoms with Crippen molar-refractivity contribution >= 4 is 18.3 Å². The van der Waals surface area contributed by atoms with Crippen LogP contribution < -0.4 is 10.5 Å². The van der Waals surface area contributed by atoms with Gasteiger partial charge in [-0.1, -0.05) is 6.42 Å². The van der Waals surface area contributed by atoms with Crippen molar-refractivity contribution in [2.45, 2.75) is 57.1 Å². The molecule has 3 aliphatic rings. The molecule has 0 aromatic heterocycles. The van der Waals surface area contributed by atoms with Crippen LogP contribution in [0.1, 0.15) is 44.9 Å². The van der Waals surface area contributed by atoms with E-state index in [1.165, 1.54) is 18.6 Å². The van der Waals surface area contributed by atoms with Crippen molar-refractivity contribution in [2.75, 3.05) is 13.1 Å². The number of piperidine rings is 1. The van der Waals surface area contributed by atoms with Crippen LogP contribution in [0.2, 0.25) is 0 Å². The van der Waals surface area contributed by atoms with Crippen LogP contribution in [-0.2, 0) is 4.79 Å². The van der Waals surface area contributed by atoms with Crippen molar-refractivity contribution in [1.82, 2.24) is 4.90 Å². The highest BCUT2D eigenvalue weighted by atomic mass is 35.5. The Labute approximate surface area is 171 Å². The monoisotopic (exact) mass is 414 g/mol. The van der Waals surface area contributed by atoms with Crippen LogP contribution in [0.5, 0.6) is 5.75 Å².